The molecule has 0 aliphatic carbocycles. The molecular formula is C12H18N4O2. The van der Waals surface area contributed by atoms with Crippen LogP contribution >= 0.6 is 0 Å². The van der Waals surface area contributed by atoms with Crippen LogP contribution in [0.1, 0.15) is 35.3 Å². The number of hydrogen-bond acceptors (Lipinski definition) is 3. The zero-order valence-corrected chi connectivity index (χ0v) is 10.7. The average molecular weight is 250 g/mol. The van der Waals surface area contributed by atoms with E-state index in [0.29, 0.717) is 18.5 Å². The molecule has 0 spiro atoms. The first-order valence-corrected chi connectivity index (χ1v) is 6.17. The summed E-state index contributed by atoms with van der Waals surface area (Å²) in [5.74, 6) is -0.329. The molecular weight excluding hydrogens is 232 g/mol. The van der Waals surface area contributed by atoms with Crippen molar-refractivity contribution in [1.82, 2.24) is 20.4 Å². The van der Waals surface area contributed by atoms with Gasteiger partial charge in [-0.25, -0.2) is 0 Å². The molecule has 2 rings (SSSR count). The van der Waals surface area contributed by atoms with Crippen molar-refractivity contribution in [2.75, 3.05) is 6.54 Å². The molecule has 1 atom stereocenters. The topological polar surface area (TPSA) is 76.0 Å². The van der Waals surface area contributed by atoms with Crippen molar-refractivity contribution in [3.05, 3.63) is 17.5 Å². The number of carbonyl (C=O) groups excluding carboxylic acids is 2. The van der Waals surface area contributed by atoms with Crippen LogP contribution in [0.4, 0.5) is 0 Å². The van der Waals surface area contributed by atoms with E-state index < -0.39 is 6.04 Å². The molecule has 98 valence electrons. The van der Waals surface area contributed by atoms with E-state index >= 15 is 0 Å². The SMILES string of the molecule is Cc1c(C(=O)N[C@@H]2CCCCNC2=O)cnn1C. The van der Waals surface area contributed by atoms with E-state index in [4.69, 9.17) is 0 Å². The van der Waals surface area contributed by atoms with Crippen molar-refractivity contribution in [2.24, 2.45) is 7.05 Å². The Labute approximate surface area is 106 Å². The summed E-state index contributed by atoms with van der Waals surface area (Å²) < 4.78 is 1.64. The maximum Gasteiger partial charge on any atom is 0.255 e. The maximum absolute atomic E-state index is 12.1. The first-order valence-electron chi connectivity index (χ1n) is 6.17. The van der Waals surface area contributed by atoms with Crippen molar-refractivity contribution in [3.8, 4) is 0 Å². The molecule has 2 heterocycles. The maximum atomic E-state index is 12.1. The Hall–Kier alpha value is -1.85. The number of hydrogen-bond donors (Lipinski definition) is 2. The summed E-state index contributed by atoms with van der Waals surface area (Å²) in [5.41, 5.74) is 1.32. The molecule has 0 bridgehead atoms. The first kappa shape index (κ1) is 12.6. The fourth-order valence-corrected chi connectivity index (χ4v) is 2.03. The summed E-state index contributed by atoms with van der Waals surface area (Å²) in [4.78, 5) is 23.8. The van der Waals surface area contributed by atoms with Crippen LogP contribution in [0.3, 0.4) is 0 Å². The first-order chi connectivity index (χ1) is 8.59. The molecule has 0 unspecified atom stereocenters. The molecule has 1 aliphatic rings. The van der Waals surface area contributed by atoms with Crippen LogP contribution in [0.2, 0.25) is 0 Å². The van der Waals surface area contributed by atoms with Crippen molar-refractivity contribution < 1.29 is 9.59 Å². The lowest BCUT2D eigenvalue weighted by Gasteiger charge is -2.14. The van der Waals surface area contributed by atoms with Gasteiger partial charge in [-0.1, -0.05) is 0 Å². The van der Waals surface area contributed by atoms with Crippen LogP contribution < -0.4 is 10.6 Å². The van der Waals surface area contributed by atoms with Gasteiger partial charge < -0.3 is 10.6 Å². The van der Waals surface area contributed by atoms with Crippen molar-refractivity contribution in [2.45, 2.75) is 32.2 Å². The number of nitrogens with one attached hydrogen (secondary N) is 2. The zero-order chi connectivity index (χ0) is 13.1. The molecule has 1 fully saturated rings. The van der Waals surface area contributed by atoms with Gasteiger partial charge in [-0.3, -0.25) is 14.3 Å². The average Bonchev–Trinajstić information content (AvgIpc) is 2.55. The summed E-state index contributed by atoms with van der Waals surface area (Å²) in [6, 6.07) is -0.431. The molecule has 6 heteroatoms. The van der Waals surface area contributed by atoms with E-state index in [2.05, 4.69) is 15.7 Å². The summed E-state index contributed by atoms with van der Waals surface area (Å²) >= 11 is 0. The standard InChI is InChI=1S/C12H18N4O2/c1-8-9(7-14-16(8)2)11(17)15-10-5-3-4-6-13-12(10)18/h7,10H,3-6H2,1-2H3,(H,13,18)(H,15,17)/t10-/m1/s1. The van der Waals surface area contributed by atoms with E-state index in [9.17, 15) is 9.59 Å². The molecule has 1 aromatic rings. The lowest BCUT2D eigenvalue weighted by atomic mass is 10.1. The molecule has 1 aliphatic heterocycles. The van der Waals surface area contributed by atoms with Crippen molar-refractivity contribution >= 4 is 11.8 Å². The highest BCUT2D eigenvalue weighted by atomic mass is 16.2. The molecule has 0 radical (unpaired) electrons. The molecule has 18 heavy (non-hydrogen) atoms. The number of carbonyl (C=O) groups is 2. The molecule has 6 nitrogen and oxygen atoms in total. The molecule has 2 amide bonds. The quantitative estimate of drug-likeness (QED) is 0.783. The fraction of sp³-hybridized carbons (Fsp3) is 0.583. The van der Waals surface area contributed by atoms with Gasteiger partial charge in [-0.15, -0.1) is 0 Å². The summed E-state index contributed by atoms with van der Waals surface area (Å²) in [6.07, 6.45) is 4.12. The van der Waals surface area contributed by atoms with Gasteiger partial charge in [0.25, 0.3) is 5.91 Å². The van der Waals surface area contributed by atoms with Crippen molar-refractivity contribution in [3.63, 3.8) is 0 Å². The predicted molar refractivity (Wildman–Crippen MR) is 66.1 cm³/mol. The lowest BCUT2D eigenvalue weighted by molar-refractivity contribution is -0.122. The van der Waals surface area contributed by atoms with Crippen LogP contribution in [-0.2, 0) is 11.8 Å². The highest BCUT2D eigenvalue weighted by molar-refractivity contribution is 5.98. The fourth-order valence-electron chi connectivity index (χ4n) is 2.03. The van der Waals surface area contributed by atoms with Gasteiger partial charge in [-0.05, 0) is 26.2 Å². The second-order valence-corrected chi connectivity index (χ2v) is 4.58. The lowest BCUT2D eigenvalue weighted by Crippen LogP contribution is -2.45. The highest BCUT2D eigenvalue weighted by Crippen LogP contribution is 2.09. The van der Waals surface area contributed by atoms with Crippen LogP contribution in [-0.4, -0.2) is 34.2 Å². The third kappa shape index (κ3) is 2.52. The normalized spacial score (nSPS) is 20.1. The number of rotatable bonds is 2. The second-order valence-electron chi connectivity index (χ2n) is 4.58. The van der Waals surface area contributed by atoms with Gasteiger partial charge in [0.1, 0.15) is 6.04 Å². The van der Waals surface area contributed by atoms with Gasteiger partial charge in [0.15, 0.2) is 0 Å². The van der Waals surface area contributed by atoms with E-state index in [1.807, 2.05) is 6.92 Å². The Balaban J connectivity index is 2.06. The Morgan fingerprint density at radius 3 is 3.00 bits per heavy atom. The van der Waals surface area contributed by atoms with E-state index in [0.717, 1.165) is 18.5 Å². The predicted octanol–water partition coefficient (Wildman–Crippen LogP) is 0.127. The number of amides is 2. The Kier molecular flexibility index (Phi) is 3.64. The van der Waals surface area contributed by atoms with Crippen LogP contribution in [0.5, 0.6) is 0 Å². The van der Waals surface area contributed by atoms with Crippen LogP contribution in [0.15, 0.2) is 6.20 Å². The van der Waals surface area contributed by atoms with Crippen molar-refractivity contribution in [1.29, 1.82) is 0 Å². The monoisotopic (exact) mass is 250 g/mol. The van der Waals surface area contributed by atoms with E-state index in [1.165, 1.54) is 6.20 Å². The van der Waals surface area contributed by atoms with Gasteiger partial charge in [0.2, 0.25) is 5.91 Å². The van der Waals surface area contributed by atoms with E-state index in [-0.39, 0.29) is 11.8 Å². The smallest absolute Gasteiger partial charge is 0.255 e. The molecule has 0 saturated carbocycles. The van der Waals surface area contributed by atoms with Gasteiger partial charge >= 0.3 is 0 Å². The molecule has 1 saturated heterocycles. The zero-order valence-electron chi connectivity index (χ0n) is 10.7. The molecule has 2 N–H and O–H groups in total. The minimum Gasteiger partial charge on any atom is -0.354 e. The Bertz CT molecular complexity index is 467. The minimum absolute atomic E-state index is 0.0950. The summed E-state index contributed by atoms with van der Waals surface area (Å²) in [5, 5.41) is 9.59. The van der Waals surface area contributed by atoms with Crippen LogP contribution in [0, 0.1) is 6.92 Å². The highest BCUT2D eigenvalue weighted by Gasteiger charge is 2.24. The number of nitrogens with zero attached hydrogens (tertiary/aromatic N) is 2. The Morgan fingerprint density at radius 2 is 2.33 bits per heavy atom. The molecule has 1 aromatic heterocycles. The van der Waals surface area contributed by atoms with Gasteiger partial charge in [0, 0.05) is 19.3 Å². The number of aryl methyl sites for hydroxylation is 1. The summed E-state index contributed by atoms with van der Waals surface area (Å²) in [6.45, 7) is 2.52. The largest absolute Gasteiger partial charge is 0.354 e. The third-order valence-electron chi connectivity index (χ3n) is 3.32. The van der Waals surface area contributed by atoms with E-state index in [1.54, 1.807) is 11.7 Å². The summed E-state index contributed by atoms with van der Waals surface area (Å²) in [7, 11) is 1.78. The van der Waals surface area contributed by atoms with Gasteiger partial charge in [-0.2, -0.15) is 5.10 Å². The van der Waals surface area contributed by atoms with Gasteiger partial charge in [0.05, 0.1) is 11.8 Å². The number of aromatic nitrogens is 2. The van der Waals surface area contributed by atoms with Crippen LogP contribution in [0.25, 0.3) is 0 Å². The minimum atomic E-state index is -0.431. The third-order valence-corrected chi connectivity index (χ3v) is 3.32. The molecule has 0 aromatic carbocycles. The second kappa shape index (κ2) is 5.20. The Morgan fingerprint density at radius 1 is 1.56 bits per heavy atom.